The fraction of sp³-hybridized carbons (Fsp3) is 0.125. The molecule has 3 nitrogen and oxygen atoms in total. The lowest BCUT2D eigenvalue weighted by molar-refractivity contribution is -0.136. The van der Waals surface area contributed by atoms with Gasteiger partial charge in [0.1, 0.15) is 5.75 Å². The molecule has 1 rings (SSSR count). The summed E-state index contributed by atoms with van der Waals surface area (Å²) in [6, 6.07) is 2.72. The fourth-order valence-electron chi connectivity index (χ4n) is 0.917. The van der Waals surface area contributed by atoms with Gasteiger partial charge in [-0.05, 0) is 12.1 Å². The largest absolute Gasteiger partial charge is 0.506 e. The number of phenolic OH excluding ortho intramolecular Hbond substituents is 1. The Balaban J connectivity index is 3.12. The normalized spacial score (nSPS) is 10.0. The Morgan fingerprint density at radius 1 is 1.38 bits per heavy atom. The van der Waals surface area contributed by atoms with Crippen LogP contribution in [0.4, 0.5) is 0 Å². The van der Waals surface area contributed by atoms with Gasteiger partial charge in [-0.15, -0.1) is 0 Å². The van der Waals surface area contributed by atoms with Crippen LogP contribution in [0.25, 0.3) is 0 Å². The molecule has 0 fully saturated rings. The van der Waals surface area contributed by atoms with Crippen LogP contribution in [-0.4, -0.2) is 16.2 Å². The number of carboxylic acid groups (broad SMARTS) is 1. The third-order valence-corrected chi connectivity index (χ3v) is 1.96. The molecule has 0 saturated carbocycles. The van der Waals surface area contributed by atoms with Crippen molar-refractivity contribution in [3.8, 4) is 5.75 Å². The van der Waals surface area contributed by atoms with Crippen LogP contribution in [0.2, 0.25) is 10.0 Å². The fourth-order valence-corrected chi connectivity index (χ4v) is 1.45. The zero-order chi connectivity index (χ0) is 10.0. The van der Waals surface area contributed by atoms with Crippen LogP contribution < -0.4 is 0 Å². The number of benzene rings is 1. The first-order chi connectivity index (χ1) is 6.00. The lowest BCUT2D eigenvalue weighted by Gasteiger charge is -2.03. The zero-order valence-electron chi connectivity index (χ0n) is 6.42. The first-order valence-corrected chi connectivity index (χ1v) is 4.15. The third-order valence-electron chi connectivity index (χ3n) is 1.45. The lowest BCUT2D eigenvalue weighted by Crippen LogP contribution is -2.00. The molecule has 0 saturated heterocycles. The van der Waals surface area contributed by atoms with Crippen molar-refractivity contribution in [2.24, 2.45) is 0 Å². The maximum Gasteiger partial charge on any atom is 0.307 e. The van der Waals surface area contributed by atoms with Crippen LogP contribution >= 0.6 is 23.2 Å². The highest BCUT2D eigenvalue weighted by atomic mass is 35.5. The van der Waals surface area contributed by atoms with Gasteiger partial charge in [-0.3, -0.25) is 4.79 Å². The van der Waals surface area contributed by atoms with Crippen molar-refractivity contribution in [2.75, 3.05) is 0 Å². The van der Waals surface area contributed by atoms with Gasteiger partial charge in [0.2, 0.25) is 0 Å². The lowest BCUT2D eigenvalue weighted by atomic mass is 10.1. The van der Waals surface area contributed by atoms with Gasteiger partial charge < -0.3 is 10.2 Å². The predicted molar refractivity (Wildman–Crippen MR) is 49.5 cm³/mol. The Labute approximate surface area is 84.5 Å². The summed E-state index contributed by atoms with van der Waals surface area (Å²) in [6.45, 7) is 0. The summed E-state index contributed by atoms with van der Waals surface area (Å²) in [5.41, 5.74) is 0.213. The van der Waals surface area contributed by atoms with Crippen molar-refractivity contribution in [1.29, 1.82) is 0 Å². The van der Waals surface area contributed by atoms with E-state index in [1.807, 2.05) is 0 Å². The highest BCUT2D eigenvalue weighted by Crippen LogP contribution is 2.31. The number of hydrogen-bond acceptors (Lipinski definition) is 2. The van der Waals surface area contributed by atoms with Crippen molar-refractivity contribution in [2.45, 2.75) is 6.42 Å². The smallest absolute Gasteiger partial charge is 0.307 e. The van der Waals surface area contributed by atoms with Gasteiger partial charge >= 0.3 is 5.97 Å². The van der Waals surface area contributed by atoms with Gasteiger partial charge in [-0.2, -0.15) is 0 Å². The summed E-state index contributed by atoms with van der Waals surface area (Å²) in [4.78, 5) is 10.3. The molecule has 0 amide bonds. The standard InChI is InChI=1S/C8H6Cl2O3/c9-5-1-4(2-7(11)12)8(13)6(10)3-5/h1,3,13H,2H2,(H,11,12). The SMILES string of the molecule is O=C(O)Cc1cc(Cl)cc(Cl)c1O. The number of carboxylic acids is 1. The average Bonchev–Trinajstić information content (AvgIpc) is 1.98. The van der Waals surface area contributed by atoms with E-state index < -0.39 is 5.97 Å². The Bertz CT molecular complexity index is 349. The molecule has 0 aliphatic rings. The van der Waals surface area contributed by atoms with E-state index >= 15 is 0 Å². The molecule has 0 radical (unpaired) electrons. The van der Waals surface area contributed by atoms with Crippen molar-refractivity contribution in [3.63, 3.8) is 0 Å². The van der Waals surface area contributed by atoms with E-state index in [1.54, 1.807) is 0 Å². The number of rotatable bonds is 2. The van der Waals surface area contributed by atoms with Crippen molar-refractivity contribution >= 4 is 29.2 Å². The number of halogens is 2. The zero-order valence-corrected chi connectivity index (χ0v) is 7.93. The van der Waals surface area contributed by atoms with Gasteiger partial charge in [0.15, 0.2) is 0 Å². The Hall–Kier alpha value is -0.930. The topological polar surface area (TPSA) is 57.5 Å². The number of aromatic hydroxyl groups is 1. The molecule has 1 aromatic carbocycles. The molecule has 70 valence electrons. The van der Waals surface area contributed by atoms with Gasteiger partial charge in [-0.1, -0.05) is 23.2 Å². The minimum Gasteiger partial charge on any atom is -0.506 e. The predicted octanol–water partition coefficient (Wildman–Crippen LogP) is 2.33. The van der Waals surface area contributed by atoms with E-state index in [4.69, 9.17) is 28.3 Å². The first kappa shape index (κ1) is 10.2. The monoisotopic (exact) mass is 220 g/mol. The molecular weight excluding hydrogens is 215 g/mol. The molecular formula is C8H6Cl2O3. The van der Waals surface area contributed by atoms with Crippen LogP contribution in [0, 0.1) is 0 Å². The van der Waals surface area contributed by atoms with E-state index in [0.717, 1.165) is 0 Å². The molecule has 0 bridgehead atoms. The van der Waals surface area contributed by atoms with Gasteiger partial charge in [0.25, 0.3) is 0 Å². The quantitative estimate of drug-likeness (QED) is 0.805. The minimum absolute atomic E-state index is 0.0590. The van der Waals surface area contributed by atoms with Gasteiger partial charge in [0, 0.05) is 10.6 Å². The van der Waals surface area contributed by atoms with E-state index in [2.05, 4.69) is 0 Å². The summed E-state index contributed by atoms with van der Waals surface area (Å²) in [6.07, 6.45) is -0.299. The van der Waals surface area contributed by atoms with Crippen molar-refractivity contribution in [3.05, 3.63) is 27.7 Å². The first-order valence-electron chi connectivity index (χ1n) is 3.39. The molecule has 13 heavy (non-hydrogen) atoms. The van der Waals surface area contributed by atoms with Crippen LogP contribution in [0.5, 0.6) is 5.75 Å². The second-order valence-electron chi connectivity index (χ2n) is 2.47. The molecule has 0 aromatic heterocycles. The molecule has 0 unspecified atom stereocenters. The second-order valence-corrected chi connectivity index (χ2v) is 3.31. The maximum absolute atomic E-state index is 10.3. The number of aliphatic carboxylic acids is 1. The highest BCUT2D eigenvalue weighted by molar-refractivity contribution is 6.35. The Morgan fingerprint density at radius 2 is 2.00 bits per heavy atom. The molecule has 0 atom stereocenters. The van der Waals surface area contributed by atoms with E-state index in [-0.39, 0.29) is 22.8 Å². The van der Waals surface area contributed by atoms with Crippen LogP contribution in [0.15, 0.2) is 12.1 Å². The van der Waals surface area contributed by atoms with Crippen LogP contribution in [0.1, 0.15) is 5.56 Å². The van der Waals surface area contributed by atoms with Crippen LogP contribution in [-0.2, 0) is 11.2 Å². The van der Waals surface area contributed by atoms with E-state index in [0.29, 0.717) is 5.02 Å². The molecule has 0 aliphatic carbocycles. The molecule has 0 spiro atoms. The Kier molecular flexibility index (Phi) is 3.01. The third kappa shape index (κ3) is 2.50. The van der Waals surface area contributed by atoms with E-state index in [9.17, 15) is 9.90 Å². The molecule has 2 N–H and O–H groups in total. The minimum atomic E-state index is -1.05. The average molecular weight is 221 g/mol. The van der Waals surface area contributed by atoms with Gasteiger partial charge in [0.05, 0.1) is 11.4 Å². The second kappa shape index (κ2) is 3.85. The van der Waals surface area contributed by atoms with E-state index in [1.165, 1.54) is 12.1 Å². The summed E-state index contributed by atoms with van der Waals surface area (Å²) < 4.78 is 0. The summed E-state index contributed by atoms with van der Waals surface area (Å²) in [5.74, 6) is -1.28. The summed E-state index contributed by atoms with van der Waals surface area (Å²) in [7, 11) is 0. The van der Waals surface area contributed by atoms with Crippen molar-refractivity contribution in [1.82, 2.24) is 0 Å². The van der Waals surface area contributed by atoms with Gasteiger partial charge in [-0.25, -0.2) is 0 Å². The van der Waals surface area contributed by atoms with Crippen LogP contribution in [0.3, 0.4) is 0 Å². The highest BCUT2D eigenvalue weighted by Gasteiger charge is 2.10. The molecule has 1 aromatic rings. The number of carbonyl (C=O) groups is 1. The summed E-state index contributed by atoms with van der Waals surface area (Å²) >= 11 is 11.2. The maximum atomic E-state index is 10.3. The molecule has 5 heteroatoms. The Morgan fingerprint density at radius 3 is 2.54 bits per heavy atom. The summed E-state index contributed by atoms with van der Waals surface area (Å²) in [5, 5.41) is 18.2. The van der Waals surface area contributed by atoms with Crippen molar-refractivity contribution < 1.29 is 15.0 Å². The molecule has 0 aliphatic heterocycles. The number of phenols is 1. The number of hydrogen-bond donors (Lipinski definition) is 2. The molecule has 0 heterocycles.